The van der Waals surface area contributed by atoms with Gasteiger partial charge in [-0.05, 0) is 60.0 Å². The number of benzene rings is 2. The van der Waals surface area contributed by atoms with E-state index in [0.29, 0.717) is 18.8 Å². The third-order valence-corrected chi connectivity index (χ3v) is 3.49. The number of nitrogens with zero attached hydrogens (tertiary/aromatic N) is 2. The average Bonchev–Trinajstić information content (AvgIpc) is 2.64. The summed E-state index contributed by atoms with van der Waals surface area (Å²) in [5.74, 6) is 1.76. The minimum absolute atomic E-state index is 0.271. The van der Waals surface area contributed by atoms with Crippen LogP contribution in [0.5, 0.6) is 11.5 Å². The van der Waals surface area contributed by atoms with Crippen molar-refractivity contribution in [2.24, 2.45) is 11.1 Å². The summed E-state index contributed by atoms with van der Waals surface area (Å²) < 4.78 is 11.3. The second kappa shape index (κ2) is 9.33. The van der Waals surface area contributed by atoms with Gasteiger partial charge in [0.2, 0.25) is 0 Å². The summed E-state index contributed by atoms with van der Waals surface area (Å²) in [5, 5.41) is 12.8. The Bertz CT molecular complexity index is 729. The molecule has 5 heteroatoms. The normalized spacial score (nSPS) is 11.1. The highest BCUT2D eigenvalue weighted by atomic mass is 16.6. The molecule has 0 saturated heterocycles. The van der Waals surface area contributed by atoms with Gasteiger partial charge >= 0.3 is 0 Å². The Morgan fingerprint density at radius 2 is 1.48 bits per heavy atom. The van der Waals surface area contributed by atoms with Gasteiger partial charge in [-0.15, -0.1) is 0 Å². The first-order valence-electron chi connectivity index (χ1n) is 8.11. The van der Waals surface area contributed by atoms with Crippen LogP contribution in [0.15, 0.2) is 53.7 Å². The van der Waals surface area contributed by atoms with Crippen molar-refractivity contribution in [1.82, 2.24) is 0 Å². The largest absolute Gasteiger partial charge is 0.490 e. The molecule has 25 heavy (non-hydrogen) atoms. The maximum absolute atomic E-state index is 8.76. The monoisotopic (exact) mass is 338 g/mol. The van der Waals surface area contributed by atoms with Gasteiger partial charge in [-0.3, -0.25) is 0 Å². The van der Waals surface area contributed by atoms with Crippen molar-refractivity contribution in [3.63, 3.8) is 0 Å². The van der Waals surface area contributed by atoms with Gasteiger partial charge in [0.05, 0.1) is 17.3 Å². The fourth-order valence-electron chi connectivity index (χ4n) is 2.26. The van der Waals surface area contributed by atoms with Crippen LogP contribution < -0.4 is 9.47 Å². The second-order valence-electron chi connectivity index (χ2n) is 5.67. The Morgan fingerprint density at radius 1 is 0.960 bits per heavy atom. The van der Waals surface area contributed by atoms with Crippen LogP contribution in [0.1, 0.15) is 25.0 Å². The molecule has 0 aliphatic carbocycles. The predicted octanol–water partition coefficient (Wildman–Crippen LogP) is 4.02. The lowest BCUT2D eigenvalue weighted by atomic mass is 10.0. The molecule has 0 unspecified atom stereocenters. The lowest BCUT2D eigenvalue weighted by Gasteiger charge is -2.11. The lowest BCUT2D eigenvalue weighted by Crippen LogP contribution is -2.11. The Kier molecular flexibility index (Phi) is 6.85. The Hall–Kier alpha value is -3.00. The van der Waals surface area contributed by atoms with E-state index in [-0.39, 0.29) is 5.92 Å². The zero-order valence-electron chi connectivity index (χ0n) is 14.7. The first-order chi connectivity index (χ1) is 12.1. The summed E-state index contributed by atoms with van der Waals surface area (Å²) in [4.78, 5) is 4.91. The summed E-state index contributed by atoms with van der Waals surface area (Å²) in [6.45, 7) is 5.00. The molecule has 0 radical (unpaired) electrons. The van der Waals surface area contributed by atoms with E-state index in [4.69, 9.17) is 19.6 Å². The fraction of sp³-hybridized carbons (Fsp3) is 0.300. The highest BCUT2D eigenvalue weighted by molar-refractivity contribution is 6.01. The first-order valence-corrected chi connectivity index (χ1v) is 8.11. The maximum atomic E-state index is 8.76. The van der Waals surface area contributed by atoms with E-state index < -0.39 is 0 Å². The van der Waals surface area contributed by atoms with Crippen molar-refractivity contribution in [3.05, 3.63) is 59.7 Å². The van der Waals surface area contributed by atoms with Crippen LogP contribution in [0.3, 0.4) is 0 Å². The van der Waals surface area contributed by atoms with Crippen LogP contribution in [0.2, 0.25) is 0 Å². The molecular weight excluding hydrogens is 316 g/mol. The molecule has 0 fully saturated rings. The molecule has 0 spiro atoms. The van der Waals surface area contributed by atoms with Gasteiger partial charge in [-0.25, -0.2) is 0 Å². The van der Waals surface area contributed by atoms with Gasteiger partial charge in [-0.1, -0.05) is 19.0 Å². The van der Waals surface area contributed by atoms with Crippen LogP contribution in [0.4, 0.5) is 0 Å². The number of ether oxygens (including phenoxy) is 2. The van der Waals surface area contributed by atoms with Crippen molar-refractivity contribution in [1.29, 1.82) is 5.26 Å². The molecule has 0 bridgehead atoms. The topological polar surface area (TPSA) is 63.8 Å². The summed E-state index contributed by atoms with van der Waals surface area (Å²) in [5.41, 5.74) is 2.53. The van der Waals surface area contributed by atoms with Crippen LogP contribution in [0.25, 0.3) is 0 Å². The number of oxime groups is 1. The molecule has 0 atom stereocenters. The molecule has 5 nitrogen and oxygen atoms in total. The molecular formula is C20H22N2O3. The average molecular weight is 338 g/mol. The van der Waals surface area contributed by atoms with E-state index in [1.165, 1.54) is 0 Å². The van der Waals surface area contributed by atoms with Crippen molar-refractivity contribution in [2.45, 2.75) is 13.8 Å². The highest BCUT2D eigenvalue weighted by Crippen LogP contribution is 2.16. The van der Waals surface area contributed by atoms with Gasteiger partial charge in [0.25, 0.3) is 0 Å². The SMILES string of the molecule is CO/N=C(/c1ccc(OCCOc2ccc(C#N)cc2)cc1)C(C)C. The predicted molar refractivity (Wildman–Crippen MR) is 97.0 cm³/mol. The standard InChI is InChI=1S/C20H22N2O3/c1-15(2)20(22-23-3)17-6-10-19(11-7-17)25-13-12-24-18-8-4-16(14-21)5-9-18/h4-11,15H,12-13H2,1-3H3/b22-20+. The third kappa shape index (κ3) is 5.54. The number of hydrogen-bond acceptors (Lipinski definition) is 5. The number of hydrogen-bond donors (Lipinski definition) is 0. The van der Waals surface area contributed by atoms with E-state index in [1.54, 1.807) is 31.4 Å². The molecule has 0 heterocycles. The Morgan fingerprint density at radius 3 is 1.92 bits per heavy atom. The molecule has 0 aliphatic heterocycles. The summed E-state index contributed by atoms with van der Waals surface area (Å²) in [6, 6.07) is 16.8. The van der Waals surface area contributed by atoms with E-state index in [1.807, 2.05) is 24.3 Å². The van der Waals surface area contributed by atoms with Crippen molar-refractivity contribution in [3.8, 4) is 17.6 Å². The van der Waals surface area contributed by atoms with E-state index in [0.717, 1.165) is 22.8 Å². The van der Waals surface area contributed by atoms with Crippen molar-refractivity contribution >= 4 is 5.71 Å². The molecule has 2 aromatic carbocycles. The Balaban J connectivity index is 1.83. The molecule has 0 saturated carbocycles. The van der Waals surface area contributed by atoms with E-state index in [9.17, 15) is 0 Å². The highest BCUT2D eigenvalue weighted by Gasteiger charge is 2.09. The van der Waals surface area contributed by atoms with Crippen LogP contribution in [-0.4, -0.2) is 26.0 Å². The zero-order chi connectivity index (χ0) is 18.1. The molecule has 0 amide bonds. The van der Waals surface area contributed by atoms with Gasteiger partial charge < -0.3 is 14.3 Å². The maximum Gasteiger partial charge on any atom is 0.122 e. The number of rotatable bonds is 8. The second-order valence-corrected chi connectivity index (χ2v) is 5.67. The minimum atomic E-state index is 0.271. The quantitative estimate of drug-likeness (QED) is 0.414. The van der Waals surface area contributed by atoms with Gasteiger partial charge in [0.1, 0.15) is 31.8 Å². The van der Waals surface area contributed by atoms with Crippen LogP contribution >= 0.6 is 0 Å². The first kappa shape index (κ1) is 18.3. The summed E-state index contributed by atoms with van der Waals surface area (Å²) in [7, 11) is 1.55. The van der Waals surface area contributed by atoms with Crippen LogP contribution in [-0.2, 0) is 4.84 Å². The summed E-state index contributed by atoms with van der Waals surface area (Å²) in [6.07, 6.45) is 0. The van der Waals surface area contributed by atoms with E-state index >= 15 is 0 Å². The Labute approximate surface area is 148 Å². The lowest BCUT2D eigenvalue weighted by molar-refractivity contribution is 0.212. The molecule has 2 rings (SSSR count). The fourth-order valence-corrected chi connectivity index (χ4v) is 2.26. The molecule has 2 aromatic rings. The third-order valence-electron chi connectivity index (χ3n) is 3.49. The minimum Gasteiger partial charge on any atom is -0.490 e. The van der Waals surface area contributed by atoms with Gasteiger partial charge in [0.15, 0.2) is 0 Å². The van der Waals surface area contributed by atoms with Crippen molar-refractivity contribution in [2.75, 3.05) is 20.3 Å². The van der Waals surface area contributed by atoms with Crippen molar-refractivity contribution < 1.29 is 14.3 Å². The zero-order valence-corrected chi connectivity index (χ0v) is 14.7. The van der Waals surface area contributed by atoms with Gasteiger partial charge in [-0.2, -0.15) is 5.26 Å². The smallest absolute Gasteiger partial charge is 0.122 e. The number of nitriles is 1. The molecule has 130 valence electrons. The van der Waals surface area contributed by atoms with Gasteiger partial charge in [0, 0.05) is 0 Å². The summed E-state index contributed by atoms with van der Waals surface area (Å²) >= 11 is 0. The molecule has 0 aliphatic rings. The molecule has 0 N–H and O–H groups in total. The molecule has 0 aromatic heterocycles. The van der Waals surface area contributed by atoms with Crippen LogP contribution in [0, 0.1) is 17.2 Å². The van der Waals surface area contributed by atoms with E-state index in [2.05, 4.69) is 25.1 Å².